The van der Waals surface area contributed by atoms with Crippen LogP contribution in [0.3, 0.4) is 0 Å². The lowest BCUT2D eigenvalue weighted by Gasteiger charge is -2.11. The average Bonchev–Trinajstić information content (AvgIpc) is 2.71. The molecule has 0 amide bonds. The highest BCUT2D eigenvalue weighted by Crippen LogP contribution is 2.27. The van der Waals surface area contributed by atoms with Crippen molar-refractivity contribution in [2.24, 2.45) is 10.7 Å². The van der Waals surface area contributed by atoms with Crippen LogP contribution in [0, 0.1) is 6.92 Å². The molecule has 0 saturated carbocycles. The first-order valence-electron chi connectivity index (χ1n) is 9.11. The molecule has 0 atom stereocenters. The van der Waals surface area contributed by atoms with Crippen molar-refractivity contribution in [1.82, 2.24) is 9.97 Å². The molecule has 0 bridgehead atoms. The first kappa shape index (κ1) is 21.5. The molecule has 28 heavy (non-hydrogen) atoms. The summed E-state index contributed by atoms with van der Waals surface area (Å²) in [6, 6.07) is 6.42. The molecule has 0 aliphatic rings. The molecule has 0 unspecified atom stereocenters. The number of nitrogens with two attached hydrogens (primary N) is 2. The second-order valence-electron chi connectivity index (χ2n) is 6.39. The molecular weight excluding hydrogens is 368 g/mol. The van der Waals surface area contributed by atoms with Crippen LogP contribution in [0.2, 0.25) is 0 Å². The van der Waals surface area contributed by atoms with Gasteiger partial charge in [-0.05, 0) is 42.9 Å². The van der Waals surface area contributed by atoms with Crippen LogP contribution in [0.25, 0.3) is 5.57 Å². The number of benzene rings is 1. The van der Waals surface area contributed by atoms with E-state index in [0.717, 1.165) is 12.0 Å². The number of aliphatic imine (C=N–C) groups is 1. The summed E-state index contributed by atoms with van der Waals surface area (Å²) in [4.78, 5) is 14.0. The first-order chi connectivity index (χ1) is 13.5. The van der Waals surface area contributed by atoms with Crippen molar-refractivity contribution in [2.75, 3.05) is 18.1 Å². The smallest absolute Gasteiger partial charge is 0.169 e. The molecule has 0 radical (unpaired) electrons. The van der Waals surface area contributed by atoms with Crippen LogP contribution >= 0.6 is 11.8 Å². The number of aryl methyl sites for hydroxylation is 1. The molecule has 7 heteroatoms. The highest BCUT2D eigenvalue weighted by Gasteiger charge is 2.08. The molecule has 6 nitrogen and oxygen atoms in total. The molecule has 0 spiro atoms. The van der Waals surface area contributed by atoms with Crippen molar-refractivity contribution in [3.63, 3.8) is 0 Å². The summed E-state index contributed by atoms with van der Waals surface area (Å²) in [7, 11) is 1.68. The van der Waals surface area contributed by atoms with Gasteiger partial charge >= 0.3 is 0 Å². The zero-order chi connectivity index (χ0) is 20.5. The summed E-state index contributed by atoms with van der Waals surface area (Å²) < 4.78 is 0. The number of hydrogen-bond donors (Lipinski definition) is 3. The molecule has 148 valence electrons. The highest BCUT2D eigenvalue weighted by molar-refractivity contribution is 8.02. The molecule has 0 aliphatic heterocycles. The first-order valence-corrected chi connectivity index (χ1v) is 9.99. The van der Waals surface area contributed by atoms with E-state index in [4.69, 9.17) is 11.5 Å². The van der Waals surface area contributed by atoms with Gasteiger partial charge in [-0.2, -0.15) is 0 Å². The van der Waals surface area contributed by atoms with E-state index < -0.39 is 0 Å². The molecule has 1 heterocycles. The van der Waals surface area contributed by atoms with E-state index in [1.54, 1.807) is 31.2 Å². The van der Waals surface area contributed by atoms with Gasteiger partial charge in [-0.1, -0.05) is 36.4 Å². The lowest BCUT2D eigenvalue weighted by Crippen LogP contribution is -2.08. The van der Waals surface area contributed by atoms with Crippen LogP contribution < -0.4 is 16.8 Å². The third-order valence-electron chi connectivity index (χ3n) is 4.20. The summed E-state index contributed by atoms with van der Waals surface area (Å²) in [6.07, 6.45) is 5.74. The largest absolute Gasteiger partial charge is 0.404 e. The van der Waals surface area contributed by atoms with Gasteiger partial charge in [0.25, 0.3) is 0 Å². The van der Waals surface area contributed by atoms with Gasteiger partial charge in [0.15, 0.2) is 11.6 Å². The van der Waals surface area contributed by atoms with E-state index in [0.29, 0.717) is 29.4 Å². The van der Waals surface area contributed by atoms with Crippen LogP contribution in [0.1, 0.15) is 37.1 Å². The van der Waals surface area contributed by atoms with Crippen molar-refractivity contribution < 1.29 is 0 Å². The number of aromatic nitrogens is 2. The molecule has 2 rings (SSSR count). The summed E-state index contributed by atoms with van der Waals surface area (Å²) >= 11 is 1.76. The Morgan fingerprint density at radius 1 is 1.36 bits per heavy atom. The van der Waals surface area contributed by atoms with Crippen LogP contribution in [0.15, 0.2) is 51.5 Å². The quantitative estimate of drug-likeness (QED) is 0.452. The van der Waals surface area contributed by atoms with E-state index in [1.807, 2.05) is 0 Å². The molecule has 0 saturated heterocycles. The van der Waals surface area contributed by atoms with Gasteiger partial charge in [0.05, 0.1) is 11.9 Å². The van der Waals surface area contributed by atoms with Gasteiger partial charge < -0.3 is 16.8 Å². The Bertz CT molecular complexity index is 902. The van der Waals surface area contributed by atoms with Gasteiger partial charge in [0.2, 0.25) is 0 Å². The maximum absolute atomic E-state index is 5.99. The SMILES string of the molecule is CC/C(C)=C\Sc1cc(CNc2nc(C(C=NC)=CN)cnc2N)ccc1C. The van der Waals surface area contributed by atoms with E-state index >= 15 is 0 Å². The minimum Gasteiger partial charge on any atom is -0.404 e. The Morgan fingerprint density at radius 3 is 2.82 bits per heavy atom. The van der Waals surface area contributed by atoms with Gasteiger partial charge in [-0.15, -0.1) is 0 Å². The van der Waals surface area contributed by atoms with E-state index in [9.17, 15) is 0 Å². The van der Waals surface area contributed by atoms with Crippen LogP contribution in [0.4, 0.5) is 11.6 Å². The maximum atomic E-state index is 5.99. The zero-order valence-corrected chi connectivity index (χ0v) is 17.7. The number of rotatable bonds is 8. The standard InChI is InChI=1S/C21H28N6S/c1-5-14(2)13-28-19-8-16(7-6-15(19)3)10-26-21-20(23)25-12-18(27-21)17(9-22)11-24-4/h6-9,11-13H,5,10,22H2,1-4H3,(H2,23,25)(H,26,27)/b14-13-,17-9?,24-11?. The van der Waals surface area contributed by atoms with Gasteiger partial charge in [0.1, 0.15) is 0 Å². The van der Waals surface area contributed by atoms with E-state index in [-0.39, 0.29) is 0 Å². The predicted octanol–water partition coefficient (Wildman–Crippen LogP) is 4.39. The summed E-state index contributed by atoms with van der Waals surface area (Å²) in [5, 5.41) is 5.49. The number of nitrogens with zero attached hydrogens (tertiary/aromatic N) is 3. The predicted molar refractivity (Wildman–Crippen MR) is 121 cm³/mol. The Hall–Kier alpha value is -2.80. The fraction of sp³-hybridized carbons (Fsp3) is 0.286. The Morgan fingerprint density at radius 2 is 2.14 bits per heavy atom. The van der Waals surface area contributed by atoms with Crippen molar-refractivity contribution in [3.05, 3.63) is 58.4 Å². The molecule has 0 fully saturated rings. The summed E-state index contributed by atoms with van der Waals surface area (Å²) in [5.41, 5.74) is 16.7. The number of nitrogen functional groups attached to an aromatic ring is 1. The number of allylic oxidation sites excluding steroid dienone is 2. The summed E-state index contributed by atoms with van der Waals surface area (Å²) in [6.45, 7) is 7.03. The van der Waals surface area contributed by atoms with Crippen LogP contribution in [0.5, 0.6) is 0 Å². The molecule has 1 aromatic heterocycles. The van der Waals surface area contributed by atoms with Crippen LogP contribution in [-0.4, -0.2) is 23.2 Å². The Balaban J connectivity index is 2.18. The van der Waals surface area contributed by atoms with Crippen molar-refractivity contribution in [1.29, 1.82) is 0 Å². The second kappa shape index (κ2) is 10.5. The maximum Gasteiger partial charge on any atom is 0.169 e. The van der Waals surface area contributed by atoms with Gasteiger partial charge in [0, 0.05) is 36.5 Å². The molecule has 1 aromatic carbocycles. The van der Waals surface area contributed by atoms with Gasteiger partial charge in [-0.25, -0.2) is 9.97 Å². The molecule has 2 aromatic rings. The van der Waals surface area contributed by atoms with E-state index in [1.165, 1.54) is 22.2 Å². The van der Waals surface area contributed by atoms with Crippen molar-refractivity contribution >= 4 is 35.2 Å². The minimum absolute atomic E-state index is 0.344. The van der Waals surface area contributed by atoms with Crippen molar-refractivity contribution in [2.45, 2.75) is 38.6 Å². The number of anilines is 2. The molecule has 5 N–H and O–H groups in total. The molecular formula is C21H28N6S. The summed E-state index contributed by atoms with van der Waals surface area (Å²) in [5.74, 6) is 0.870. The fourth-order valence-electron chi connectivity index (χ4n) is 2.32. The third kappa shape index (κ3) is 5.85. The average molecular weight is 397 g/mol. The number of thioether (sulfide) groups is 1. The monoisotopic (exact) mass is 396 g/mol. The normalized spacial score (nSPS) is 12.6. The topological polar surface area (TPSA) is 102 Å². The second-order valence-corrected chi connectivity index (χ2v) is 7.30. The molecule has 0 aliphatic carbocycles. The Labute approximate surface area is 171 Å². The third-order valence-corrected chi connectivity index (χ3v) is 5.42. The van der Waals surface area contributed by atoms with E-state index in [2.05, 4.69) is 64.7 Å². The lowest BCUT2D eigenvalue weighted by molar-refractivity contribution is 1.07. The Kier molecular flexibility index (Phi) is 8.07. The minimum atomic E-state index is 0.344. The lowest BCUT2D eigenvalue weighted by atomic mass is 10.1. The number of nitrogens with one attached hydrogen (secondary N) is 1. The van der Waals surface area contributed by atoms with Crippen molar-refractivity contribution in [3.8, 4) is 0 Å². The van der Waals surface area contributed by atoms with Crippen LogP contribution in [-0.2, 0) is 6.54 Å². The zero-order valence-electron chi connectivity index (χ0n) is 16.9. The highest BCUT2D eigenvalue weighted by atomic mass is 32.2. The fourth-order valence-corrected chi connectivity index (χ4v) is 3.28. The number of hydrogen-bond acceptors (Lipinski definition) is 7. The van der Waals surface area contributed by atoms with Gasteiger partial charge in [-0.3, -0.25) is 4.99 Å².